The first kappa shape index (κ1) is 21.0. The lowest BCUT2D eigenvalue weighted by Crippen LogP contribution is -2.22. The number of aromatic nitrogens is 1. The normalized spacial score (nSPS) is 11.7. The number of carbonyl (C=O) groups excluding carboxylic acids is 1. The second kappa shape index (κ2) is 7.94. The van der Waals surface area contributed by atoms with Gasteiger partial charge in [-0.15, -0.1) is 0 Å². The number of benzene rings is 2. The number of amides is 1. The van der Waals surface area contributed by atoms with Crippen LogP contribution in [0, 0.1) is 12.7 Å². The first-order valence-electron chi connectivity index (χ1n) is 8.37. The van der Waals surface area contributed by atoms with Gasteiger partial charge in [-0.25, -0.2) is 17.1 Å². The van der Waals surface area contributed by atoms with Gasteiger partial charge in [0.05, 0.1) is 15.5 Å². The van der Waals surface area contributed by atoms with E-state index in [1.807, 2.05) is 0 Å². The zero-order chi connectivity index (χ0) is 21.3. The molecule has 0 atom stereocenters. The summed E-state index contributed by atoms with van der Waals surface area (Å²) in [6.45, 7) is 1.51. The van der Waals surface area contributed by atoms with Crippen molar-refractivity contribution in [2.45, 2.75) is 11.8 Å². The Kier molecular flexibility index (Phi) is 5.74. The molecule has 0 fully saturated rings. The van der Waals surface area contributed by atoms with Crippen molar-refractivity contribution in [3.05, 3.63) is 64.6 Å². The maximum Gasteiger partial charge on any atom is 0.261 e. The zero-order valence-corrected chi connectivity index (χ0v) is 17.3. The number of hydrogen-bond acceptors (Lipinski definition) is 5. The molecule has 0 spiro atoms. The molecule has 0 aliphatic heterocycles. The number of nitrogens with zero attached hydrogens (tertiary/aromatic N) is 2. The van der Waals surface area contributed by atoms with Crippen LogP contribution in [0.15, 0.2) is 51.9 Å². The zero-order valence-electron chi connectivity index (χ0n) is 15.7. The van der Waals surface area contributed by atoms with Crippen molar-refractivity contribution in [3.63, 3.8) is 0 Å². The molecule has 0 unspecified atom stereocenters. The van der Waals surface area contributed by atoms with Crippen LogP contribution in [0.4, 0.5) is 10.1 Å². The van der Waals surface area contributed by atoms with E-state index in [9.17, 15) is 17.6 Å². The van der Waals surface area contributed by atoms with Gasteiger partial charge in [-0.2, -0.15) is 0 Å². The molecule has 3 rings (SSSR count). The van der Waals surface area contributed by atoms with Gasteiger partial charge < -0.3 is 9.84 Å². The van der Waals surface area contributed by atoms with Gasteiger partial charge >= 0.3 is 0 Å². The minimum absolute atomic E-state index is 0.00197. The summed E-state index contributed by atoms with van der Waals surface area (Å²) in [6.07, 6.45) is 0. The smallest absolute Gasteiger partial charge is 0.261 e. The van der Waals surface area contributed by atoms with Crippen LogP contribution >= 0.6 is 11.6 Å². The van der Waals surface area contributed by atoms with Crippen LogP contribution in [0.25, 0.3) is 11.3 Å². The predicted molar refractivity (Wildman–Crippen MR) is 107 cm³/mol. The molecule has 29 heavy (non-hydrogen) atoms. The molecule has 152 valence electrons. The molecule has 1 amide bonds. The van der Waals surface area contributed by atoms with Crippen LogP contribution in [-0.2, 0) is 10.0 Å². The monoisotopic (exact) mass is 437 g/mol. The van der Waals surface area contributed by atoms with Crippen molar-refractivity contribution in [3.8, 4) is 11.3 Å². The van der Waals surface area contributed by atoms with Gasteiger partial charge in [0.25, 0.3) is 5.91 Å². The van der Waals surface area contributed by atoms with Gasteiger partial charge in [-0.1, -0.05) is 28.9 Å². The van der Waals surface area contributed by atoms with E-state index in [4.69, 9.17) is 16.1 Å². The first-order valence-corrected chi connectivity index (χ1v) is 10.2. The van der Waals surface area contributed by atoms with Gasteiger partial charge in [-0.3, -0.25) is 4.79 Å². The van der Waals surface area contributed by atoms with E-state index in [2.05, 4.69) is 10.5 Å². The molecule has 0 aliphatic rings. The molecule has 1 N–H and O–H groups in total. The Morgan fingerprint density at radius 2 is 1.90 bits per heavy atom. The first-order chi connectivity index (χ1) is 13.6. The Morgan fingerprint density at radius 3 is 2.55 bits per heavy atom. The van der Waals surface area contributed by atoms with Crippen molar-refractivity contribution in [1.82, 2.24) is 9.46 Å². The number of rotatable bonds is 5. The molecule has 1 aromatic heterocycles. The number of hydrogen-bond donors (Lipinski definition) is 1. The Morgan fingerprint density at radius 1 is 1.21 bits per heavy atom. The largest absolute Gasteiger partial charge is 0.360 e. The molecule has 0 saturated carbocycles. The Balaban J connectivity index is 1.99. The fourth-order valence-electron chi connectivity index (χ4n) is 2.67. The molecular weight excluding hydrogens is 421 g/mol. The van der Waals surface area contributed by atoms with Crippen LogP contribution in [0.2, 0.25) is 5.02 Å². The fraction of sp³-hybridized carbons (Fsp3) is 0.158. The maximum atomic E-state index is 14.3. The minimum atomic E-state index is -3.68. The molecule has 3 aromatic rings. The van der Waals surface area contributed by atoms with Gasteiger partial charge in [0, 0.05) is 19.8 Å². The average molecular weight is 438 g/mol. The number of nitrogens with one attached hydrogen (secondary N) is 1. The number of anilines is 1. The van der Waals surface area contributed by atoms with Crippen LogP contribution in [0.3, 0.4) is 0 Å². The van der Waals surface area contributed by atoms with Crippen LogP contribution in [0.5, 0.6) is 0 Å². The van der Waals surface area contributed by atoms with Gasteiger partial charge in [-0.05, 0) is 37.3 Å². The van der Waals surface area contributed by atoms with E-state index in [0.29, 0.717) is 0 Å². The van der Waals surface area contributed by atoms with E-state index in [-0.39, 0.29) is 38.2 Å². The summed E-state index contributed by atoms with van der Waals surface area (Å²) in [5.41, 5.74) is 0.141. The third kappa shape index (κ3) is 4.02. The Labute approximate surface area is 172 Å². The summed E-state index contributed by atoms with van der Waals surface area (Å²) in [7, 11) is -0.859. The van der Waals surface area contributed by atoms with Crippen LogP contribution in [-0.4, -0.2) is 37.9 Å². The third-order valence-electron chi connectivity index (χ3n) is 4.16. The third-order valence-corrected chi connectivity index (χ3v) is 6.29. The second-order valence-corrected chi connectivity index (χ2v) is 8.89. The van der Waals surface area contributed by atoms with E-state index in [1.54, 1.807) is 0 Å². The highest BCUT2D eigenvalue weighted by atomic mass is 35.5. The lowest BCUT2D eigenvalue weighted by Gasteiger charge is -2.13. The van der Waals surface area contributed by atoms with Crippen LogP contribution in [0.1, 0.15) is 16.1 Å². The molecule has 0 saturated heterocycles. The lowest BCUT2D eigenvalue weighted by atomic mass is 10.0. The van der Waals surface area contributed by atoms with E-state index >= 15 is 0 Å². The predicted octanol–water partition coefficient (Wildman–Crippen LogP) is 3.95. The van der Waals surface area contributed by atoms with Gasteiger partial charge in [0.2, 0.25) is 10.0 Å². The van der Waals surface area contributed by atoms with Crippen molar-refractivity contribution in [2.24, 2.45) is 0 Å². The lowest BCUT2D eigenvalue weighted by molar-refractivity contribution is 0.102. The topological polar surface area (TPSA) is 92.5 Å². The molecule has 7 nitrogen and oxygen atoms in total. The quantitative estimate of drug-likeness (QED) is 0.652. The molecule has 0 radical (unpaired) electrons. The Hall–Kier alpha value is -2.75. The number of aryl methyl sites for hydroxylation is 1. The standard InChI is InChI=1S/C19H17ClFN3O4S/c1-11-16(18(23-28-11)17-14(20)8-5-9-15(17)21)19(25)22-12-6-4-7-13(10-12)29(26,27)24(2)3/h4-10H,1-3H3,(H,22,25). The number of carbonyl (C=O) groups is 1. The molecule has 2 aromatic carbocycles. The summed E-state index contributed by atoms with van der Waals surface area (Å²) in [4.78, 5) is 12.9. The summed E-state index contributed by atoms with van der Waals surface area (Å²) < 4.78 is 45.1. The van der Waals surface area contributed by atoms with E-state index < -0.39 is 21.7 Å². The summed E-state index contributed by atoms with van der Waals surface area (Å²) in [5, 5.41) is 6.46. The second-order valence-electron chi connectivity index (χ2n) is 6.33. The molecule has 0 bridgehead atoms. The fourth-order valence-corrected chi connectivity index (χ4v) is 3.87. The van der Waals surface area contributed by atoms with Crippen LogP contribution < -0.4 is 5.32 Å². The van der Waals surface area contributed by atoms with E-state index in [1.165, 1.54) is 63.5 Å². The summed E-state index contributed by atoms with van der Waals surface area (Å²) >= 11 is 6.09. The highest BCUT2D eigenvalue weighted by Crippen LogP contribution is 2.33. The number of halogens is 2. The van der Waals surface area contributed by atoms with Crippen molar-refractivity contribution in [1.29, 1.82) is 0 Å². The highest BCUT2D eigenvalue weighted by molar-refractivity contribution is 7.89. The van der Waals surface area contributed by atoms with Crippen molar-refractivity contribution in [2.75, 3.05) is 19.4 Å². The highest BCUT2D eigenvalue weighted by Gasteiger charge is 2.26. The van der Waals surface area contributed by atoms with Crippen molar-refractivity contribution < 1.29 is 22.1 Å². The molecule has 0 aliphatic carbocycles. The average Bonchev–Trinajstić information content (AvgIpc) is 3.03. The van der Waals surface area contributed by atoms with Gasteiger partial charge in [0.1, 0.15) is 22.8 Å². The minimum Gasteiger partial charge on any atom is -0.360 e. The molecular formula is C19H17ClFN3O4S. The maximum absolute atomic E-state index is 14.3. The SMILES string of the molecule is Cc1onc(-c2c(F)cccc2Cl)c1C(=O)Nc1cccc(S(=O)(=O)N(C)C)c1. The summed E-state index contributed by atoms with van der Waals surface area (Å²) in [5.74, 6) is -1.13. The van der Waals surface area contributed by atoms with Gasteiger partial charge in [0.15, 0.2) is 0 Å². The molecule has 10 heteroatoms. The number of sulfonamides is 1. The Bertz CT molecular complexity index is 1170. The van der Waals surface area contributed by atoms with Crippen molar-refractivity contribution >= 4 is 33.2 Å². The van der Waals surface area contributed by atoms with E-state index in [0.717, 1.165) is 4.31 Å². The molecule has 1 heterocycles. The summed E-state index contributed by atoms with van der Waals surface area (Å²) in [6, 6.07) is 9.88.